The third kappa shape index (κ3) is 4.58. The molecule has 164 valence electrons. The normalized spacial score (nSPS) is 13.1. The fourth-order valence-electron chi connectivity index (χ4n) is 3.81. The molecular weight excluding hydrogens is 424 g/mol. The van der Waals surface area contributed by atoms with Gasteiger partial charge in [-0.1, -0.05) is 23.9 Å². The summed E-state index contributed by atoms with van der Waals surface area (Å²) in [6.45, 7) is 2.00. The van der Waals surface area contributed by atoms with E-state index in [2.05, 4.69) is 21.3 Å². The van der Waals surface area contributed by atoms with Crippen LogP contribution in [0, 0.1) is 11.3 Å². The van der Waals surface area contributed by atoms with Crippen LogP contribution in [0.4, 0.5) is 11.4 Å². The maximum Gasteiger partial charge on any atom is 0.234 e. The van der Waals surface area contributed by atoms with E-state index in [0.717, 1.165) is 29.9 Å². The van der Waals surface area contributed by atoms with Crippen molar-refractivity contribution in [2.45, 2.75) is 17.9 Å². The Labute approximate surface area is 191 Å². The molecule has 32 heavy (non-hydrogen) atoms. The highest BCUT2D eigenvalue weighted by molar-refractivity contribution is 8.00. The lowest BCUT2D eigenvalue weighted by atomic mass is 10.1. The number of anilines is 2. The fraction of sp³-hybridized carbons (Fsp3) is 0.292. The molecule has 4 rings (SSSR count). The molecule has 0 unspecified atom stereocenters. The summed E-state index contributed by atoms with van der Waals surface area (Å²) >= 11 is 1.24. The Morgan fingerprint density at radius 3 is 2.59 bits per heavy atom. The first kappa shape index (κ1) is 21.8. The first-order chi connectivity index (χ1) is 15.6. The maximum atomic E-state index is 12.7. The van der Waals surface area contributed by atoms with Gasteiger partial charge in [0.1, 0.15) is 11.1 Å². The molecule has 3 aromatic rings. The lowest BCUT2D eigenvalue weighted by molar-refractivity contribution is -0.113. The van der Waals surface area contributed by atoms with E-state index in [-0.39, 0.29) is 11.7 Å². The van der Waals surface area contributed by atoms with Crippen LogP contribution in [0.3, 0.4) is 0 Å². The minimum atomic E-state index is -0.139. The average molecular weight is 449 g/mol. The Hall–Kier alpha value is -3.44. The topological polar surface area (TPSA) is 87.5 Å². The average Bonchev–Trinajstić information content (AvgIpc) is 3.36. The van der Waals surface area contributed by atoms with Crippen LogP contribution in [-0.2, 0) is 4.79 Å². The van der Waals surface area contributed by atoms with Gasteiger partial charge >= 0.3 is 0 Å². The first-order valence-electron chi connectivity index (χ1n) is 10.4. The van der Waals surface area contributed by atoms with Gasteiger partial charge in [-0.25, -0.2) is 4.98 Å². The van der Waals surface area contributed by atoms with Gasteiger partial charge in [-0.15, -0.1) is 0 Å². The number of aromatic nitrogens is 1. The number of benzene rings is 2. The summed E-state index contributed by atoms with van der Waals surface area (Å²) in [5.74, 6) is 1.14. The highest BCUT2D eigenvalue weighted by atomic mass is 32.2. The van der Waals surface area contributed by atoms with E-state index in [1.807, 2.05) is 24.3 Å². The Morgan fingerprint density at radius 1 is 1.16 bits per heavy atom. The number of rotatable bonds is 7. The molecule has 7 nitrogen and oxygen atoms in total. The number of carbonyl (C=O) groups is 1. The van der Waals surface area contributed by atoms with Gasteiger partial charge in [0, 0.05) is 24.5 Å². The molecule has 1 fully saturated rings. The summed E-state index contributed by atoms with van der Waals surface area (Å²) in [6, 6.07) is 15.4. The van der Waals surface area contributed by atoms with Crippen LogP contribution in [0.2, 0.25) is 0 Å². The number of fused-ring (bicyclic) bond motifs is 1. The van der Waals surface area contributed by atoms with Crippen molar-refractivity contribution >= 4 is 39.9 Å². The van der Waals surface area contributed by atoms with Crippen LogP contribution >= 0.6 is 11.8 Å². The first-order valence-corrected chi connectivity index (χ1v) is 11.3. The third-order valence-corrected chi connectivity index (χ3v) is 6.36. The van der Waals surface area contributed by atoms with Crippen LogP contribution in [0.25, 0.3) is 10.9 Å². The van der Waals surface area contributed by atoms with Crippen LogP contribution in [0.15, 0.2) is 47.5 Å². The molecule has 1 aliphatic rings. The molecule has 1 N–H and O–H groups in total. The highest BCUT2D eigenvalue weighted by Gasteiger charge is 2.17. The van der Waals surface area contributed by atoms with Crippen molar-refractivity contribution in [3.63, 3.8) is 0 Å². The summed E-state index contributed by atoms with van der Waals surface area (Å²) in [4.78, 5) is 19.6. The van der Waals surface area contributed by atoms with Crippen molar-refractivity contribution in [2.75, 3.05) is 43.3 Å². The quantitative estimate of drug-likeness (QED) is 0.534. The Balaban J connectivity index is 1.51. The number of amides is 1. The number of nitrogens with zero attached hydrogens (tertiary/aromatic N) is 3. The molecule has 1 aliphatic heterocycles. The number of para-hydroxylation sites is 2. The summed E-state index contributed by atoms with van der Waals surface area (Å²) < 4.78 is 10.7. The van der Waals surface area contributed by atoms with E-state index in [1.165, 1.54) is 24.6 Å². The Kier molecular flexibility index (Phi) is 6.66. The molecule has 1 saturated heterocycles. The number of carbonyl (C=O) groups excluding carboxylic acids is 1. The predicted octanol–water partition coefficient (Wildman–Crippen LogP) is 4.45. The molecular formula is C24H24N4O3S. The zero-order valence-corrected chi connectivity index (χ0v) is 18.9. The molecule has 0 bridgehead atoms. The number of ether oxygens (including phenoxy) is 2. The molecule has 2 heterocycles. The predicted molar refractivity (Wildman–Crippen MR) is 127 cm³/mol. The molecule has 1 aromatic heterocycles. The van der Waals surface area contributed by atoms with E-state index in [1.54, 1.807) is 32.4 Å². The smallest absolute Gasteiger partial charge is 0.234 e. The van der Waals surface area contributed by atoms with Gasteiger partial charge in [0.15, 0.2) is 11.5 Å². The van der Waals surface area contributed by atoms with Crippen molar-refractivity contribution in [3.05, 3.63) is 48.0 Å². The van der Waals surface area contributed by atoms with Crippen LogP contribution in [-0.4, -0.2) is 44.0 Å². The van der Waals surface area contributed by atoms with Crippen LogP contribution < -0.4 is 19.7 Å². The molecule has 0 spiro atoms. The Morgan fingerprint density at radius 2 is 1.88 bits per heavy atom. The molecule has 0 aliphatic carbocycles. The SMILES string of the molecule is COc1cc2cc(C#N)c(SCC(=O)Nc3ccccc3N3CCCC3)nc2cc1OC. The minimum absolute atomic E-state index is 0.139. The number of methoxy groups -OCH3 is 2. The van der Waals surface area contributed by atoms with Gasteiger partial charge in [0.05, 0.1) is 42.4 Å². The standard InChI is InChI=1S/C24H24N4O3S/c1-30-21-12-16-11-17(14-25)24(27-19(16)13-22(21)31-2)32-15-23(29)26-18-7-3-4-8-20(18)28-9-5-6-10-28/h3-4,7-8,11-13H,5-6,9-10,15H2,1-2H3,(H,26,29). The summed E-state index contributed by atoms with van der Waals surface area (Å²) in [5, 5.41) is 13.9. The van der Waals surface area contributed by atoms with Crippen molar-refractivity contribution < 1.29 is 14.3 Å². The van der Waals surface area contributed by atoms with Crippen molar-refractivity contribution in [1.29, 1.82) is 5.26 Å². The van der Waals surface area contributed by atoms with Gasteiger partial charge in [0.2, 0.25) is 5.91 Å². The maximum absolute atomic E-state index is 12.7. The molecule has 8 heteroatoms. The monoisotopic (exact) mass is 448 g/mol. The van der Waals surface area contributed by atoms with E-state index in [4.69, 9.17) is 9.47 Å². The second kappa shape index (κ2) is 9.79. The van der Waals surface area contributed by atoms with Gasteiger partial charge in [0.25, 0.3) is 0 Å². The number of hydrogen-bond donors (Lipinski definition) is 1. The van der Waals surface area contributed by atoms with Crippen molar-refractivity contribution in [3.8, 4) is 17.6 Å². The lowest BCUT2D eigenvalue weighted by Crippen LogP contribution is -2.21. The lowest BCUT2D eigenvalue weighted by Gasteiger charge is -2.21. The number of nitriles is 1. The van der Waals surface area contributed by atoms with Gasteiger partial charge in [-0.3, -0.25) is 4.79 Å². The van der Waals surface area contributed by atoms with Crippen LogP contribution in [0.1, 0.15) is 18.4 Å². The van der Waals surface area contributed by atoms with E-state index in [9.17, 15) is 10.1 Å². The summed E-state index contributed by atoms with van der Waals surface area (Å²) in [5.41, 5.74) is 2.94. The largest absolute Gasteiger partial charge is 0.493 e. The zero-order chi connectivity index (χ0) is 22.5. The minimum Gasteiger partial charge on any atom is -0.493 e. The second-order valence-corrected chi connectivity index (χ2v) is 8.36. The van der Waals surface area contributed by atoms with E-state index in [0.29, 0.717) is 27.6 Å². The van der Waals surface area contributed by atoms with Crippen molar-refractivity contribution in [1.82, 2.24) is 4.98 Å². The van der Waals surface area contributed by atoms with E-state index < -0.39 is 0 Å². The number of nitrogens with one attached hydrogen (secondary N) is 1. The molecule has 1 amide bonds. The molecule has 0 atom stereocenters. The fourth-order valence-corrected chi connectivity index (χ4v) is 4.57. The molecule has 0 saturated carbocycles. The molecule has 2 aromatic carbocycles. The molecule has 0 radical (unpaired) electrons. The number of pyridine rings is 1. The summed E-state index contributed by atoms with van der Waals surface area (Å²) in [7, 11) is 3.13. The highest BCUT2D eigenvalue weighted by Crippen LogP contribution is 2.34. The third-order valence-electron chi connectivity index (χ3n) is 5.37. The van der Waals surface area contributed by atoms with Gasteiger partial charge in [-0.05, 0) is 37.1 Å². The van der Waals surface area contributed by atoms with Gasteiger partial charge < -0.3 is 19.7 Å². The van der Waals surface area contributed by atoms with E-state index >= 15 is 0 Å². The van der Waals surface area contributed by atoms with Crippen LogP contribution in [0.5, 0.6) is 11.5 Å². The summed E-state index contributed by atoms with van der Waals surface area (Å²) in [6.07, 6.45) is 2.33. The van der Waals surface area contributed by atoms with Gasteiger partial charge in [-0.2, -0.15) is 5.26 Å². The number of hydrogen-bond acceptors (Lipinski definition) is 7. The zero-order valence-electron chi connectivity index (χ0n) is 18.1. The second-order valence-electron chi connectivity index (χ2n) is 7.40. The van der Waals surface area contributed by atoms with Crippen molar-refractivity contribution in [2.24, 2.45) is 0 Å². The Bertz CT molecular complexity index is 1190. The number of thioether (sulfide) groups is 1.